The van der Waals surface area contributed by atoms with E-state index in [1.807, 2.05) is 12.1 Å². The first-order valence-electron chi connectivity index (χ1n) is 7.98. The number of carbonyl (C=O) groups is 1. The molecular weight excluding hydrogens is 432 g/mol. The summed E-state index contributed by atoms with van der Waals surface area (Å²) in [7, 11) is 0. The number of carbonyl (C=O) groups excluding carboxylic acids is 1. The number of nitrogens with one attached hydrogen (secondary N) is 1. The Balaban J connectivity index is 1.87. The standard InChI is InChI=1S/C20H12BrClN2O3/c21-12-5-6-15-11(8-12)4-7-18(25)16(15)10-17-19(26)23-24(20(17)27)14-3-1-2-13(22)9-14/h1-10,27H,(H,23,26). The van der Waals surface area contributed by atoms with Crippen molar-refractivity contribution < 1.29 is 9.90 Å². The van der Waals surface area contributed by atoms with Gasteiger partial charge in [0.25, 0.3) is 5.56 Å². The molecule has 0 amide bonds. The van der Waals surface area contributed by atoms with Gasteiger partial charge in [-0.3, -0.25) is 14.7 Å². The van der Waals surface area contributed by atoms with E-state index in [1.165, 1.54) is 16.8 Å². The molecule has 0 saturated heterocycles. The smallest absolute Gasteiger partial charge is 0.275 e. The van der Waals surface area contributed by atoms with E-state index in [4.69, 9.17) is 11.6 Å². The largest absolute Gasteiger partial charge is 0.493 e. The molecule has 0 atom stereocenters. The molecule has 4 rings (SSSR count). The monoisotopic (exact) mass is 442 g/mol. The van der Waals surface area contributed by atoms with E-state index in [9.17, 15) is 14.7 Å². The van der Waals surface area contributed by atoms with Crippen molar-refractivity contribution in [2.24, 2.45) is 0 Å². The molecule has 7 heteroatoms. The first-order chi connectivity index (χ1) is 12.9. The average Bonchev–Trinajstić information content (AvgIpc) is 2.92. The quantitative estimate of drug-likeness (QED) is 0.576. The van der Waals surface area contributed by atoms with Crippen molar-refractivity contribution in [1.29, 1.82) is 0 Å². The third-order valence-corrected chi connectivity index (χ3v) is 4.98. The summed E-state index contributed by atoms with van der Waals surface area (Å²) in [6.45, 7) is 0. The molecular formula is C20H12BrClN2O3. The van der Waals surface area contributed by atoms with Gasteiger partial charge in [-0.05, 0) is 53.6 Å². The second-order valence-corrected chi connectivity index (χ2v) is 7.33. The molecule has 0 aliphatic heterocycles. The van der Waals surface area contributed by atoms with Gasteiger partial charge in [0.2, 0.25) is 5.88 Å². The van der Waals surface area contributed by atoms with Crippen LogP contribution in [0.2, 0.25) is 5.02 Å². The number of rotatable bonds is 2. The Morgan fingerprint density at radius 2 is 1.93 bits per heavy atom. The summed E-state index contributed by atoms with van der Waals surface area (Å²) in [4.78, 5) is 24.8. The van der Waals surface area contributed by atoms with Gasteiger partial charge in [0, 0.05) is 15.1 Å². The number of fused-ring (bicyclic) bond motifs is 1. The van der Waals surface area contributed by atoms with Crippen LogP contribution in [0.5, 0.6) is 5.88 Å². The van der Waals surface area contributed by atoms with Gasteiger partial charge in [-0.15, -0.1) is 0 Å². The van der Waals surface area contributed by atoms with Gasteiger partial charge in [0.1, 0.15) is 5.56 Å². The number of hydrogen-bond donors (Lipinski definition) is 2. The van der Waals surface area contributed by atoms with E-state index in [2.05, 4.69) is 21.0 Å². The molecule has 2 aromatic carbocycles. The number of aromatic hydroxyl groups is 1. The fraction of sp³-hybridized carbons (Fsp3) is 0. The number of allylic oxidation sites excluding steroid dienone is 2. The number of benzene rings is 2. The summed E-state index contributed by atoms with van der Waals surface area (Å²) in [5, 5.41) is 13.6. The molecule has 0 saturated carbocycles. The molecule has 5 nitrogen and oxygen atoms in total. The zero-order valence-electron chi connectivity index (χ0n) is 13.7. The molecule has 0 radical (unpaired) electrons. The van der Waals surface area contributed by atoms with Crippen LogP contribution in [0, 0.1) is 0 Å². The van der Waals surface area contributed by atoms with E-state index in [0.29, 0.717) is 21.8 Å². The maximum Gasteiger partial charge on any atom is 0.275 e. The fourth-order valence-electron chi connectivity index (χ4n) is 2.97. The van der Waals surface area contributed by atoms with Gasteiger partial charge >= 0.3 is 0 Å². The highest BCUT2D eigenvalue weighted by Crippen LogP contribution is 2.32. The first-order valence-corrected chi connectivity index (χ1v) is 9.15. The Hall–Kier alpha value is -2.83. The molecule has 3 aromatic rings. The molecule has 1 aromatic heterocycles. The number of halogens is 2. The molecule has 1 aliphatic rings. The van der Waals surface area contributed by atoms with Crippen molar-refractivity contribution in [3.63, 3.8) is 0 Å². The van der Waals surface area contributed by atoms with Crippen molar-refractivity contribution in [2.75, 3.05) is 0 Å². The summed E-state index contributed by atoms with van der Waals surface area (Å²) in [5.74, 6) is -0.532. The van der Waals surface area contributed by atoms with Crippen LogP contribution in [0.1, 0.15) is 16.7 Å². The molecule has 2 N–H and O–H groups in total. The Kier molecular flexibility index (Phi) is 4.37. The number of aromatic nitrogens is 2. The molecule has 27 heavy (non-hydrogen) atoms. The van der Waals surface area contributed by atoms with Crippen LogP contribution in [-0.4, -0.2) is 20.7 Å². The second-order valence-electron chi connectivity index (χ2n) is 5.98. The van der Waals surface area contributed by atoms with Crippen LogP contribution in [0.15, 0.2) is 57.8 Å². The lowest BCUT2D eigenvalue weighted by Gasteiger charge is -2.13. The Morgan fingerprint density at radius 3 is 2.70 bits per heavy atom. The highest BCUT2D eigenvalue weighted by atomic mass is 79.9. The van der Waals surface area contributed by atoms with Crippen LogP contribution in [-0.2, 0) is 4.79 Å². The predicted molar refractivity (Wildman–Crippen MR) is 109 cm³/mol. The number of H-pyrrole nitrogens is 1. The second kappa shape index (κ2) is 6.72. The lowest BCUT2D eigenvalue weighted by molar-refractivity contribution is -0.109. The van der Waals surface area contributed by atoms with Crippen LogP contribution in [0.4, 0.5) is 0 Å². The summed E-state index contributed by atoms with van der Waals surface area (Å²) in [5.41, 5.74) is 1.87. The van der Waals surface area contributed by atoms with E-state index < -0.39 is 5.56 Å². The highest BCUT2D eigenvalue weighted by molar-refractivity contribution is 9.10. The predicted octanol–water partition coefficient (Wildman–Crippen LogP) is 4.42. The van der Waals surface area contributed by atoms with E-state index in [1.54, 1.807) is 36.4 Å². The third kappa shape index (κ3) is 3.18. The summed E-state index contributed by atoms with van der Waals surface area (Å²) >= 11 is 9.39. The highest BCUT2D eigenvalue weighted by Gasteiger charge is 2.21. The van der Waals surface area contributed by atoms with Crippen molar-refractivity contribution in [3.05, 3.63) is 85.1 Å². The number of ketones is 1. The summed E-state index contributed by atoms with van der Waals surface area (Å²) in [6, 6.07) is 12.2. The first kappa shape index (κ1) is 17.6. The molecule has 134 valence electrons. The van der Waals surface area contributed by atoms with Gasteiger partial charge in [0.15, 0.2) is 5.78 Å². The number of hydrogen-bond acceptors (Lipinski definition) is 3. The SMILES string of the molecule is O=C1C=Cc2cc(Br)ccc2C1=Cc1c(O)n(-c2cccc(Cl)c2)[nH]c1=O. The van der Waals surface area contributed by atoms with E-state index in [-0.39, 0.29) is 17.2 Å². The van der Waals surface area contributed by atoms with Crippen LogP contribution >= 0.6 is 27.5 Å². The van der Waals surface area contributed by atoms with Gasteiger partial charge in [0.05, 0.1) is 5.69 Å². The van der Waals surface area contributed by atoms with Crippen molar-refractivity contribution in [3.8, 4) is 11.6 Å². The maximum atomic E-state index is 12.4. The number of nitrogens with zero attached hydrogens (tertiary/aromatic N) is 1. The Morgan fingerprint density at radius 1 is 1.11 bits per heavy atom. The van der Waals surface area contributed by atoms with Crippen molar-refractivity contribution in [1.82, 2.24) is 9.78 Å². The lowest BCUT2D eigenvalue weighted by Crippen LogP contribution is -2.08. The van der Waals surface area contributed by atoms with Crippen molar-refractivity contribution >= 4 is 51.0 Å². The van der Waals surface area contributed by atoms with E-state index in [0.717, 1.165) is 10.0 Å². The molecule has 0 unspecified atom stereocenters. The van der Waals surface area contributed by atoms with Crippen LogP contribution < -0.4 is 5.56 Å². The van der Waals surface area contributed by atoms with Crippen molar-refractivity contribution in [2.45, 2.75) is 0 Å². The van der Waals surface area contributed by atoms with E-state index >= 15 is 0 Å². The normalized spacial score (nSPS) is 14.6. The lowest BCUT2D eigenvalue weighted by atomic mass is 9.90. The van der Waals surface area contributed by atoms with Gasteiger partial charge in [-0.1, -0.05) is 45.7 Å². The Bertz CT molecular complexity index is 1200. The van der Waals surface area contributed by atoms with Crippen LogP contribution in [0.25, 0.3) is 23.4 Å². The van der Waals surface area contributed by atoms with Gasteiger partial charge in [-0.25, -0.2) is 4.68 Å². The zero-order chi connectivity index (χ0) is 19.1. The minimum absolute atomic E-state index is 0.00231. The van der Waals surface area contributed by atoms with Crippen LogP contribution in [0.3, 0.4) is 0 Å². The minimum Gasteiger partial charge on any atom is -0.493 e. The molecule has 0 fully saturated rings. The molecule has 1 aliphatic carbocycles. The van der Waals surface area contributed by atoms with Gasteiger partial charge in [-0.2, -0.15) is 0 Å². The molecule has 0 spiro atoms. The number of aromatic amines is 1. The minimum atomic E-state index is -0.513. The topological polar surface area (TPSA) is 75.1 Å². The maximum absolute atomic E-state index is 12.4. The fourth-order valence-corrected chi connectivity index (χ4v) is 3.53. The summed E-state index contributed by atoms with van der Waals surface area (Å²) in [6.07, 6.45) is 4.58. The molecule has 1 heterocycles. The van der Waals surface area contributed by atoms with Gasteiger partial charge < -0.3 is 5.11 Å². The summed E-state index contributed by atoms with van der Waals surface area (Å²) < 4.78 is 2.11. The Labute approximate surface area is 167 Å². The molecule has 0 bridgehead atoms. The zero-order valence-corrected chi connectivity index (χ0v) is 16.1. The average molecular weight is 444 g/mol. The third-order valence-electron chi connectivity index (χ3n) is 4.25.